The molecule has 0 aliphatic carbocycles. The largest absolute Gasteiger partial charge is 0.309 e. The van der Waals surface area contributed by atoms with E-state index in [1.165, 1.54) is 76.2 Å². The fraction of sp³-hybridized carbons (Fsp3) is 0. The summed E-state index contributed by atoms with van der Waals surface area (Å²) in [5.74, 6) is 2.63. The zero-order valence-corrected chi connectivity index (χ0v) is 72.4. The van der Waals surface area contributed by atoms with Crippen LogP contribution in [0, 0.1) is 11.3 Å². The predicted octanol–water partition coefficient (Wildman–Crippen LogP) is 30.5. The Bertz CT molecular complexity index is 8990. The van der Waals surface area contributed by atoms with Crippen molar-refractivity contribution in [2.75, 3.05) is 0 Å². The fourth-order valence-electron chi connectivity index (χ4n) is 20.2. The molecule has 0 atom stereocenters. The molecule has 0 fully saturated rings. The number of benzene rings is 19. The van der Waals surface area contributed by atoms with Crippen LogP contribution in [0.1, 0.15) is 5.56 Å². The van der Waals surface area contributed by atoms with E-state index in [1.807, 2.05) is 115 Å². The lowest BCUT2D eigenvalue weighted by Gasteiger charge is -2.11. The molecule has 0 spiro atoms. The Morgan fingerprint density at radius 3 is 0.851 bits per heavy atom. The monoisotopic (exact) mass is 1710 g/mol. The van der Waals surface area contributed by atoms with Crippen molar-refractivity contribution >= 4 is 131 Å². The number of nitrogens with zero attached hydrogens (tertiary/aromatic N) is 12. The van der Waals surface area contributed by atoms with Gasteiger partial charge in [-0.15, -0.1) is 0 Å². The van der Waals surface area contributed by atoms with Crippen LogP contribution in [0.4, 0.5) is 0 Å². The van der Waals surface area contributed by atoms with Crippen LogP contribution < -0.4 is 0 Å². The molecule has 0 N–H and O–H groups in total. The van der Waals surface area contributed by atoms with Crippen LogP contribution in [0.5, 0.6) is 0 Å². The van der Waals surface area contributed by atoms with Gasteiger partial charge in [0.15, 0.2) is 23.3 Å². The molecule has 0 bridgehead atoms. The Hall–Kier alpha value is -18.4. The Kier molecular flexibility index (Phi) is 19.0. The topological polar surface area (TPSA) is 118 Å². The second-order valence-corrected chi connectivity index (χ2v) is 33.7. The highest BCUT2D eigenvalue weighted by Gasteiger charge is 2.26. The summed E-state index contributed by atoms with van der Waals surface area (Å²) in [5, 5.41) is 24.2. The van der Waals surface area contributed by atoms with Crippen molar-refractivity contribution in [1.82, 2.24) is 52.3 Å². The first-order valence-electron chi connectivity index (χ1n) is 45.1. The molecule has 0 amide bonds. The zero-order valence-electron chi connectivity index (χ0n) is 72.4. The average Bonchev–Trinajstić information content (AvgIpc) is 1.57. The van der Waals surface area contributed by atoms with Crippen molar-refractivity contribution in [3.63, 3.8) is 0 Å². The molecule has 0 aliphatic heterocycles. The number of rotatable bonds is 12. The van der Waals surface area contributed by atoms with Crippen molar-refractivity contribution in [3.05, 3.63) is 479 Å². The molecule has 626 valence electrons. The van der Waals surface area contributed by atoms with Gasteiger partial charge in [-0.25, -0.2) is 24.9 Å². The van der Waals surface area contributed by atoms with Gasteiger partial charge in [-0.2, -0.15) is 5.26 Å². The molecule has 0 unspecified atom stereocenters. The Morgan fingerprint density at radius 2 is 0.448 bits per heavy atom. The van der Waals surface area contributed by atoms with E-state index in [4.69, 9.17) is 24.9 Å². The average molecular weight is 1710 g/mol. The zero-order chi connectivity index (χ0) is 88.7. The van der Waals surface area contributed by atoms with Crippen LogP contribution in [0.2, 0.25) is 0 Å². The Labute approximate surface area is 770 Å². The number of aromatic nitrogens is 11. The molecule has 0 radical (unpaired) electrons. The van der Waals surface area contributed by atoms with Gasteiger partial charge in [0.1, 0.15) is 0 Å². The second kappa shape index (κ2) is 32.7. The fourth-order valence-corrected chi connectivity index (χ4v) is 20.2. The molecule has 0 saturated heterocycles. The van der Waals surface area contributed by atoms with E-state index < -0.39 is 0 Å². The minimum absolute atomic E-state index is 0.635. The minimum atomic E-state index is 0.635. The summed E-state index contributed by atoms with van der Waals surface area (Å²) in [5.41, 5.74) is 28.8. The number of fused-ring (bicyclic) bond motifs is 18. The maximum atomic E-state index is 9.95. The van der Waals surface area contributed by atoms with Crippen LogP contribution in [0.25, 0.3) is 233 Å². The third kappa shape index (κ3) is 13.2. The second-order valence-electron chi connectivity index (χ2n) is 33.7. The summed E-state index contributed by atoms with van der Waals surface area (Å²) >= 11 is 0. The van der Waals surface area contributed by atoms with Gasteiger partial charge in [-0.3, -0.25) is 0 Å². The van der Waals surface area contributed by atoms with Gasteiger partial charge in [-0.1, -0.05) is 315 Å². The van der Waals surface area contributed by atoms with Crippen molar-refractivity contribution in [2.24, 2.45) is 0 Å². The standard InChI is InChI=1S/C46H30N4.C45H29N5.C31H19N3/c1-4-15-31(16-5-1)39-30-40(48-46(47-39)32-17-6-2-7-18-32)37-23-14-26-44-45(37)38-29-34(27-28-43(38)49(44)33-19-8-3-9-20-33)50-41-24-12-10-21-35(41)36-22-11-13-25-42(36)50;1-4-14-30(15-5-1)43-46-44(31-16-6-2-7-17-31)48-45(47-43)32-24-26-37-38-29-34(25-27-41(38)49(42(37)28-32)33-18-8-3-9-19-33)50-39-22-12-10-20-35(39)36-21-11-13-23-40(36)50;32-20-21-9-8-16-30-31(21)26-19-23(17-18-29(26)33(30)22-10-2-1-3-11-22)34-27-14-6-4-12-24(27)25-13-5-7-15-28(25)34/h1-30H;1-29H;1-19H. The first kappa shape index (κ1) is 77.9. The maximum Gasteiger partial charge on any atom is 0.164 e. The first-order valence-corrected chi connectivity index (χ1v) is 45.1. The maximum absolute atomic E-state index is 9.95. The number of para-hydroxylation sites is 9. The Balaban J connectivity index is 0.000000110. The van der Waals surface area contributed by atoms with Crippen molar-refractivity contribution in [1.29, 1.82) is 5.26 Å². The summed E-state index contributed by atoms with van der Waals surface area (Å²) in [6.07, 6.45) is 0. The van der Waals surface area contributed by atoms with E-state index in [2.05, 4.69) is 391 Å². The van der Waals surface area contributed by atoms with E-state index in [0.717, 1.165) is 134 Å². The molecule has 8 aromatic heterocycles. The highest BCUT2D eigenvalue weighted by Crippen LogP contribution is 2.46. The molecule has 134 heavy (non-hydrogen) atoms. The van der Waals surface area contributed by atoms with E-state index in [1.54, 1.807) is 0 Å². The summed E-state index contributed by atoms with van der Waals surface area (Å²) in [7, 11) is 0. The van der Waals surface area contributed by atoms with Crippen LogP contribution in [-0.4, -0.2) is 52.3 Å². The molecule has 27 aromatic rings. The predicted molar refractivity (Wildman–Crippen MR) is 552 cm³/mol. The normalized spacial score (nSPS) is 11.6. The van der Waals surface area contributed by atoms with E-state index in [-0.39, 0.29) is 0 Å². The lowest BCUT2D eigenvalue weighted by molar-refractivity contribution is 1.07. The molecule has 12 nitrogen and oxygen atoms in total. The van der Waals surface area contributed by atoms with Gasteiger partial charge in [-0.05, 0) is 158 Å². The number of nitriles is 1. The number of hydrogen-bond acceptors (Lipinski definition) is 6. The number of hydrogen-bond donors (Lipinski definition) is 0. The SMILES string of the molecule is N#Cc1cccc2c1c1cc(-n3c4ccccc4c4ccccc43)ccc1n2-c1ccccc1.c1ccc(-c2cc(-c3cccc4c3c3cc(-n5c6ccccc6c6ccccc65)ccc3n4-c3ccccc3)nc(-c3ccccc3)n2)cc1.c1ccc(-c2nc(-c3ccccc3)nc(-c3ccc4c5cc(-n6c7ccccc7c7ccccc76)ccc5n(-c5ccccc5)c4c3)n2)cc1. The summed E-state index contributed by atoms with van der Waals surface area (Å²) in [6, 6.07) is 168. The first-order chi connectivity index (χ1) is 66.5. The van der Waals surface area contributed by atoms with Gasteiger partial charge in [0.05, 0.1) is 89.2 Å². The van der Waals surface area contributed by atoms with E-state index in [9.17, 15) is 5.26 Å². The highest BCUT2D eigenvalue weighted by atomic mass is 15.1. The van der Waals surface area contributed by atoms with Crippen LogP contribution >= 0.6 is 0 Å². The highest BCUT2D eigenvalue weighted by molar-refractivity contribution is 6.19. The smallest absolute Gasteiger partial charge is 0.164 e. The lowest BCUT2D eigenvalue weighted by Crippen LogP contribution is -2.00. The van der Waals surface area contributed by atoms with E-state index in [0.29, 0.717) is 28.9 Å². The van der Waals surface area contributed by atoms with Crippen LogP contribution in [0.15, 0.2) is 473 Å². The van der Waals surface area contributed by atoms with Gasteiger partial charge in [0.2, 0.25) is 0 Å². The van der Waals surface area contributed by atoms with Gasteiger partial charge < -0.3 is 27.4 Å². The summed E-state index contributed by atoms with van der Waals surface area (Å²) in [4.78, 5) is 25.3. The van der Waals surface area contributed by atoms with Crippen molar-refractivity contribution in [2.45, 2.75) is 0 Å². The molecule has 0 saturated carbocycles. The molecular weight excluding hydrogens is 1630 g/mol. The van der Waals surface area contributed by atoms with Crippen molar-refractivity contribution in [3.8, 4) is 108 Å². The molecule has 19 aromatic carbocycles. The van der Waals surface area contributed by atoms with E-state index >= 15 is 0 Å². The quantitative estimate of drug-likeness (QED) is 0.120. The molecule has 27 rings (SSSR count). The molecule has 8 heterocycles. The van der Waals surface area contributed by atoms with Crippen molar-refractivity contribution < 1.29 is 0 Å². The van der Waals surface area contributed by atoms with Gasteiger partial charge in [0, 0.05) is 132 Å². The third-order valence-corrected chi connectivity index (χ3v) is 26.0. The summed E-state index contributed by atoms with van der Waals surface area (Å²) < 4.78 is 14.1. The minimum Gasteiger partial charge on any atom is -0.309 e. The molecular formula is C122H78N12. The van der Waals surface area contributed by atoms with Gasteiger partial charge in [0.25, 0.3) is 0 Å². The van der Waals surface area contributed by atoms with Gasteiger partial charge >= 0.3 is 0 Å². The molecule has 12 heteroatoms. The summed E-state index contributed by atoms with van der Waals surface area (Å²) in [6.45, 7) is 0. The lowest BCUT2D eigenvalue weighted by atomic mass is 10.0. The Morgan fingerprint density at radius 1 is 0.164 bits per heavy atom. The van der Waals surface area contributed by atoms with Crippen LogP contribution in [0.3, 0.4) is 0 Å². The van der Waals surface area contributed by atoms with Crippen LogP contribution in [-0.2, 0) is 0 Å². The molecule has 0 aliphatic rings. The third-order valence-electron chi connectivity index (χ3n) is 26.0.